The molecule has 6 nitrogen and oxygen atoms in total. The maximum Gasteiger partial charge on any atom is 0.296 e. The molecule has 0 fully saturated rings. The van der Waals surface area contributed by atoms with Crippen LogP contribution in [-0.2, 0) is 15.6 Å². The van der Waals surface area contributed by atoms with Crippen LogP contribution in [0.25, 0.3) is 11.5 Å². The lowest BCUT2D eigenvalue weighted by atomic mass is 10.3. The van der Waals surface area contributed by atoms with E-state index in [1.165, 1.54) is 4.57 Å². The number of halogens is 2. The van der Waals surface area contributed by atoms with E-state index >= 15 is 0 Å². The predicted molar refractivity (Wildman–Crippen MR) is 69.7 cm³/mol. The predicted octanol–water partition coefficient (Wildman–Crippen LogP) is 2.05. The van der Waals surface area contributed by atoms with Gasteiger partial charge in [-0.3, -0.25) is 9.55 Å². The fourth-order valence-corrected chi connectivity index (χ4v) is 2.65. The van der Waals surface area contributed by atoms with Crippen molar-refractivity contribution in [2.75, 3.05) is 0 Å². The number of rotatable bonds is 3. The first kappa shape index (κ1) is 13.4. The van der Waals surface area contributed by atoms with Crippen molar-refractivity contribution in [3.63, 3.8) is 0 Å². The fraction of sp³-hybridized carbons (Fsp3) is 0.222. The SMILES string of the molecule is CCn1c(-c2ccc(Br)cn2)nnc1S(=O)(=O)Cl. The van der Waals surface area contributed by atoms with Crippen molar-refractivity contribution in [3.8, 4) is 11.5 Å². The molecular formula is C9H8BrClN4O2S. The van der Waals surface area contributed by atoms with Crippen molar-refractivity contribution in [2.24, 2.45) is 0 Å². The smallest absolute Gasteiger partial charge is 0.296 e. The van der Waals surface area contributed by atoms with E-state index in [4.69, 9.17) is 10.7 Å². The van der Waals surface area contributed by atoms with Gasteiger partial charge < -0.3 is 0 Å². The van der Waals surface area contributed by atoms with E-state index in [9.17, 15) is 8.42 Å². The van der Waals surface area contributed by atoms with Crippen molar-refractivity contribution in [1.29, 1.82) is 0 Å². The van der Waals surface area contributed by atoms with Crippen molar-refractivity contribution in [1.82, 2.24) is 19.7 Å². The molecule has 0 bridgehead atoms. The summed E-state index contributed by atoms with van der Waals surface area (Å²) in [6, 6.07) is 3.50. The molecule has 0 amide bonds. The molecule has 2 aromatic heterocycles. The molecule has 18 heavy (non-hydrogen) atoms. The van der Waals surface area contributed by atoms with Crippen LogP contribution in [0.1, 0.15) is 6.92 Å². The van der Waals surface area contributed by atoms with Crippen molar-refractivity contribution >= 4 is 35.7 Å². The molecule has 0 aliphatic rings. The zero-order valence-electron chi connectivity index (χ0n) is 9.21. The second-order valence-electron chi connectivity index (χ2n) is 3.35. The van der Waals surface area contributed by atoms with Crippen LogP contribution in [0.5, 0.6) is 0 Å². The monoisotopic (exact) mass is 350 g/mol. The van der Waals surface area contributed by atoms with Crippen LogP contribution in [0.2, 0.25) is 0 Å². The Morgan fingerprint density at radius 2 is 2.11 bits per heavy atom. The van der Waals surface area contributed by atoms with Crippen LogP contribution in [-0.4, -0.2) is 28.2 Å². The van der Waals surface area contributed by atoms with Gasteiger partial charge in [-0.1, -0.05) is 0 Å². The maximum absolute atomic E-state index is 11.3. The Labute approximate surface area is 117 Å². The van der Waals surface area contributed by atoms with Gasteiger partial charge in [0, 0.05) is 27.9 Å². The summed E-state index contributed by atoms with van der Waals surface area (Å²) >= 11 is 3.27. The average Bonchev–Trinajstić information content (AvgIpc) is 2.73. The highest BCUT2D eigenvalue weighted by atomic mass is 79.9. The lowest BCUT2D eigenvalue weighted by Crippen LogP contribution is -2.06. The molecule has 2 aromatic rings. The second kappa shape index (κ2) is 4.94. The lowest BCUT2D eigenvalue weighted by Gasteiger charge is -2.04. The average molecular weight is 352 g/mol. The molecule has 0 radical (unpaired) electrons. The molecular weight excluding hydrogens is 344 g/mol. The quantitative estimate of drug-likeness (QED) is 0.791. The Balaban J connectivity index is 2.59. The minimum atomic E-state index is -3.92. The molecule has 0 unspecified atom stereocenters. The van der Waals surface area contributed by atoms with Crippen LogP contribution >= 0.6 is 26.6 Å². The molecule has 0 atom stereocenters. The first-order valence-corrected chi connectivity index (χ1v) is 8.03. The molecule has 0 N–H and O–H groups in total. The molecule has 0 spiro atoms. The lowest BCUT2D eigenvalue weighted by molar-refractivity contribution is 0.582. The van der Waals surface area contributed by atoms with Crippen molar-refractivity contribution in [3.05, 3.63) is 22.8 Å². The van der Waals surface area contributed by atoms with Crippen molar-refractivity contribution < 1.29 is 8.42 Å². The van der Waals surface area contributed by atoms with Gasteiger partial charge >= 0.3 is 0 Å². The largest absolute Gasteiger partial charge is 0.296 e. The van der Waals surface area contributed by atoms with Gasteiger partial charge in [0.15, 0.2) is 5.82 Å². The highest BCUT2D eigenvalue weighted by molar-refractivity contribution is 9.10. The third-order valence-electron chi connectivity index (χ3n) is 2.21. The summed E-state index contributed by atoms with van der Waals surface area (Å²) in [5, 5.41) is 7.15. The van der Waals surface area contributed by atoms with Gasteiger partial charge in [-0.2, -0.15) is 0 Å². The van der Waals surface area contributed by atoms with Gasteiger partial charge in [-0.15, -0.1) is 10.2 Å². The maximum atomic E-state index is 11.3. The Bertz CT molecular complexity index is 668. The normalized spacial score (nSPS) is 11.7. The van der Waals surface area contributed by atoms with Crippen LogP contribution in [0.4, 0.5) is 0 Å². The summed E-state index contributed by atoms with van der Waals surface area (Å²) in [7, 11) is 1.37. The summed E-state index contributed by atoms with van der Waals surface area (Å²) in [5.74, 6) is 0.365. The fourth-order valence-electron chi connectivity index (χ4n) is 1.45. The molecule has 96 valence electrons. The molecule has 9 heteroatoms. The number of hydrogen-bond acceptors (Lipinski definition) is 5. The molecule has 0 aromatic carbocycles. The molecule has 0 aliphatic carbocycles. The third kappa shape index (κ3) is 2.55. The van der Waals surface area contributed by atoms with E-state index in [1.54, 1.807) is 25.3 Å². The zero-order valence-corrected chi connectivity index (χ0v) is 12.4. The van der Waals surface area contributed by atoms with E-state index in [1.807, 2.05) is 0 Å². The van der Waals surface area contributed by atoms with Crippen LogP contribution in [0.15, 0.2) is 28.0 Å². The van der Waals surface area contributed by atoms with E-state index in [0.717, 1.165) is 4.47 Å². The van der Waals surface area contributed by atoms with Gasteiger partial charge in [0.25, 0.3) is 14.2 Å². The second-order valence-corrected chi connectivity index (χ2v) is 6.73. The molecule has 2 heterocycles. The first-order valence-electron chi connectivity index (χ1n) is 4.93. The summed E-state index contributed by atoms with van der Waals surface area (Å²) in [6.45, 7) is 2.15. The highest BCUT2D eigenvalue weighted by Gasteiger charge is 2.22. The summed E-state index contributed by atoms with van der Waals surface area (Å²) in [5.41, 5.74) is 0.527. The van der Waals surface area contributed by atoms with Gasteiger partial charge in [0.2, 0.25) is 0 Å². The first-order chi connectivity index (χ1) is 8.43. The topological polar surface area (TPSA) is 77.7 Å². The van der Waals surface area contributed by atoms with Gasteiger partial charge in [-0.25, -0.2) is 8.42 Å². The summed E-state index contributed by atoms with van der Waals surface area (Å²) < 4.78 is 24.9. The summed E-state index contributed by atoms with van der Waals surface area (Å²) in [6.07, 6.45) is 1.60. The molecule has 0 saturated heterocycles. The Morgan fingerprint density at radius 3 is 2.61 bits per heavy atom. The number of nitrogens with zero attached hydrogens (tertiary/aromatic N) is 4. The number of hydrogen-bond donors (Lipinski definition) is 0. The number of aromatic nitrogens is 4. The third-order valence-corrected chi connectivity index (χ3v) is 3.83. The van der Waals surface area contributed by atoms with E-state index in [0.29, 0.717) is 18.1 Å². The minimum Gasteiger partial charge on any atom is -0.296 e. The van der Waals surface area contributed by atoms with Gasteiger partial charge in [0.1, 0.15) is 5.69 Å². The standard InChI is InChI=1S/C9H8BrClN4O2S/c1-2-15-8(7-4-3-6(10)5-12-7)13-14-9(15)18(11,16)17/h3-5H,2H2,1H3. The Hall–Kier alpha value is -0.990. The Kier molecular flexibility index (Phi) is 3.69. The van der Waals surface area contributed by atoms with Crippen LogP contribution < -0.4 is 0 Å². The van der Waals surface area contributed by atoms with Crippen molar-refractivity contribution in [2.45, 2.75) is 18.6 Å². The van der Waals surface area contributed by atoms with E-state index in [-0.39, 0.29) is 5.16 Å². The van der Waals surface area contributed by atoms with Crippen LogP contribution in [0, 0.1) is 0 Å². The zero-order chi connectivity index (χ0) is 13.3. The molecule has 0 aliphatic heterocycles. The summed E-state index contributed by atoms with van der Waals surface area (Å²) in [4.78, 5) is 4.14. The molecule has 2 rings (SSSR count). The van der Waals surface area contributed by atoms with E-state index < -0.39 is 9.05 Å². The van der Waals surface area contributed by atoms with Gasteiger partial charge in [-0.05, 0) is 35.0 Å². The Morgan fingerprint density at radius 1 is 1.39 bits per heavy atom. The van der Waals surface area contributed by atoms with E-state index in [2.05, 4.69) is 31.1 Å². The highest BCUT2D eigenvalue weighted by Crippen LogP contribution is 2.21. The van der Waals surface area contributed by atoms with Crippen LogP contribution in [0.3, 0.4) is 0 Å². The minimum absolute atomic E-state index is 0.272. The van der Waals surface area contributed by atoms with Gasteiger partial charge in [0.05, 0.1) is 0 Å². The molecule has 0 saturated carbocycles. The number of pyridine rings is 1.